The van der Waals surface area contributed by atoms with Gasteiger partial charge in [-0.1, -0.05) is 25.8 Å². The number of phenols is 1. The maximum absolute atomic E-state index is 12.4. The van der Waals surface area contributed by atoms with Crippen molar-refractivity contribution in [3.05, 3.63) is 29.3 Å². The molecule has 20 heavy (non-hydrogen) atoms. The maximum atomic E-state index is 12.4. The van der Waals surface area contributed by atoms with Crippen molar-refractivity contribution in [2.45, 2.75) is 45.1 Å². The summed E-state index contributed by atoms with van der Waals surface area (Å²) in [6.45, 7) is 4.46. The molecule has 1 saturated carbocycles. The van der Waals surface area contributed by atoms with Gasteiger partial charge in [-0.25, -0.2) is 0 Å². The number of hydrogen-bond donors (Lipinski definition) is 3. The highest BCUT2D eigenvalue weighted by Gasteiger charge is 2.38. The zero-order valence-corrected chi connectivity index (χ0v) is 12.3. The van der Waals surface area contributed by atoms with Crippen LogP contribution in [0.3, 0.4) is 0 Å². The summed E-state index contributed by atoms with van der Waals surface area (Å²) in [4.78, 5) is 12.4. The van der Waals surface area contributed by atoms with Crippen LogP contribution in [0.5, 0.6) is 5.75 Å². The van der Waals surface area contributed by atoms with Gasteiger partial charge in [-0.2, -0.15) is 0 Å². The van der Waals surface area contributed by atoms with E-state index in [9.17, 15) is 9.90 Å². The molecule has 0 bridgehead atoms. The van der Waals surface area contributed by atoms with Gasteiger partial charge in [0.15, 0.2) is 0 Å². The summed E-state index contributed by atoms with van der Waals surface area (Å²) in [6, 6.07) is 5.10. The van der Waals surface area contributed by atoms with Crippen LogP contribution in [-0.2, 0) is 0 Å². The lowest BCUT2D eigenvalue weighted by atomic mass is 9.73. The summed E-state index contributed by atoms with van der Waals surface area (Å²) in [6.07, 6.45) is 4.26. The van der Waals surface area contributed by atoms with E-state index in [0.717, 1.165) is 24.8 Å². The third-order valence-electron chi connectivity index (χ3n) is 4.58. The second-order valence-corrected chi connectivity index (χ2v) is 5.98. The fraction of sp³-hybridized carbons (Fsp3) is 0.562. The number of benzene rings is 1. The second-order valence-electron chi connectivity index (χ2n) is 5.98. The molecule has 4 nitrogen and oxygen atoms in total. The fourth-order valence-corrected chi connectivity index (χ4v) is 3.08. The van der Waals surface area contributed by atoms with Gasteiger partial charge < -0.3 is 16.2 Å². The van der Waals surface area contributed by atoms with Crippen molar-refractivity contribution in [1.29, 1.82) is 0 Å². The first-order valence-electron chi connectivity index (χ1n) is 7.31. The molecule has 1 aliphatic rings. The highest BCUT2D eigenvalue weighted by molar-refractivity contribution is 5.97. The number of amides is 1. The van der Waals surface area contributed by atoms with E-state index in [0.29, 0.717) is 18.0 Å². The molecule has 4 N–H and O–H groups in total. The molecule has 0 heterocycles. The Morgan fingerprint density at radius 1 is 1.50 bits per heavy atom. The Morgan fingerprint density at radius 2 is 2.25 bits per heavy atom. The van der Waals surface area contributed by atoms with Crippen molar-refractivity contribution in [2.24, 2.45) is 11.7 Å². The van der Waals surface area contributed by atoms with E-state index < -0.39 is 0 Å². The first kappa shape index (κ1) is 14.9. The number of carbonyl (C=O) groups excluding carboxylic acids is 1. The molecule has 1 aliphatic carbocycles. The number of rotatable bonds is 3. The van der Waals surface area contributed by atoms with Crippen molar-refractivity contribution in [3.8, 4) is 5.75 Å². The van der Waals surface area contributed by atoms with Crippen molar-refractivity contribution in [1.82, 2.24) is 5.32 Å². The number of aryl methyl sites for hydroxylation is 1. The van der Waals surface area contributed by atoms with Gasteiger partial charge in [-0.3, -0.25) is 4.79 Å². The third kappa shape index (κ3) is 2.80. The molecule has 0 radical (unpaired) electrons. The molecule has 4 heteroatoms. The summed E-state index contributed by atoms with van der Waals surface area (Å²) in [5.41, 5.74) is 6.85. The Hall–Kier alpha value is -1.55. The van der Waals surface area contributed by atoms with Gasteiger partial charge in [0.05, 0.1) is 11.1 Å². The smallest absolute Gasteiger partial charge is 0.255 e. The van der Waals surface area contributed by atoms with Crippen LogP contribution < -0.4 is 11.1 Å². The van der Waals surface area contributed by atoms with E-state index in [1.165, 1.54) is 6.42 Å². The van der Waals surface area contributed by atoms with Crippen molar-refractivity contribution >= 4 is 5.91 Å². The Kier molecular flexibility index (Phi) is 4.33. The molecule has 0 aliphatic heterocycles. The average Bonchev–Trinajstić information content (AvgIpc) is 2.41. The summed E-state index contributed by atoms with van der Waals surface area (Å²) in [5, 5.41) is 13.0. The topological polar surface area (TPSA) is 75.4 Å². The Labute approximate surface area is 120 Å². The maximum Gasteiger partial charge on any atom is 0.255 e. The van der Waals surface area contributed by atoms with E-state index in [1.807, 2.05) is 13.0 Å². The van der Waals surface area contributed by atoms with Crippen LogP contribution in [0.4, 0.5) is 0 Å². The van der Waals surface area contributed by atoms with Crippen LogP contribution in [0, 0.1) is 12.8 Å². The third-order valence-corrected chi connectivity index (χ3v) is 4.58. The van der Waals surface area contributed by atoms with Gasteiger partial charge >= 0.3 is 0 Å². The summed E-state index contributed by atoms with van der Waals surface area (Å²) < 4.78 is 0. The molecule has 1 amide bonds. The first-order valence-corrected chi connectivity index (χ1v) is 7.31. The number of hydrogen-bond acceptors (Lipinski definition) is 3. The molecular weight excluding hydrogens is 252 g/mol. The van der Waals surface area contributed by atoms with Crippen LogP contribution in [0.25, 0.3) is 0 Å². The Morgan fingerprint density at radius 3 is 2.85 bits per heavy atom. The van der Waals surface area contributed by atoms with Crippen LogP contribution in [0.2, 0.25) is 0 Å². The molecule has 110 valence electrons. The first-order chi connectivity index (χ1) is 9.48. The van der Waals surface area contributed by atoms with Gasteiger partial charge in [-0.15, -0.1) is 0 Å². The minimum absolute atomic E-state index is 0.0260. The lowest BCUT2D eigenvalue weighted by Gasteiger charge is -2.42. The zero-order chi connectivity index (χ0) is 14.8. The highest BCUT2D eigenvalue weighted by atomic mass is 16.3. The molecule has 2 atom stereocenters. The van der Waals surface area contributed by atoms with E-state index in [-0.39, 0.29) is 17.2 Å². The van der Waals surface area contributed by atoms with Crippen LogP contribution in [-0.4, -0.2) is 23.1 Å². The average molecular weight is 276 g/mol. The van der Waals surface area contributed by atoms with Crippen LogP contribution >= 0.6 is 0 Å². The van der Waals surface area contributed by atoms with Gasteiger partial charge in [0.2, 0.25) is 0 Å². The van der Waals surface area contributed by atoms with Gasteiger partial charge in [0.25, 0.3) is 5.91 Å². The standard InChI is InChI=1S/C16H24N2O2/c1-11-6-7-13(14(19)9-11)15(20)18-16(10-17)8-4-3-5-12(16)2/h6-7,9,12,19H,3-5,8,10,17H2,1-2H3,(H,18,20). The minimum Gasteiger partial charge on any atom is -0.507 e. The molecule has 2 unspecified atom stereocenters. The van der Waals surface area contributed by atoms with E-state index in [1.54, 1.807) is 12.1 Å². The van der Waals surface area contributed by atoms with E-state index in [4.69, 9.17) is 5.73 Å². The summed E-state index contributed by atoms with van der Waals surface area (Å²) in [7, 11) is 0. The monoisotopic (exact) mass is 276 g/mol. The van der Waals surface area contributed by atoms with Crippen LogP contribution in [0.1, 0.15) is 48.5 Å². The zero-order valence-electron chi connectivity index (χ0n) is 12.3. The predicted molar refractivity (Wildman–Crippen MR) is 79.7 cm³/mol. The molecule has 0 spiro atoms. The molecule has 0 aromatic heterocycles. The van der Waals surface area contributed by atoms with Crippen LogP contribution in [0.15, 0.2) is 18.2 Å². The molecule has 1 aromatic rings. The quantitative estimate of drug-likeness (QED) is 0.793. The van der Waals surface area contributed by atoms with Gasteiger partial charge in [0, 0.05) is 6.54 Å². The van der Waals surface area contributed by atoms with Crippen molar-refractivity contribution in [3.63, 3.8) is 0 Å². The van der Waals surface area contributed by atoms with Crippen molar-refractivity contribution in [2.75, 3.05) is 6.54 Å². The lowest BCUT2D eigenvalue weighted by Crippen LogP contribution is -2.59. The van der Waals surface area contributed by atoms with Gasteiger partial charge in [-0.05, 0) is 43.4 Å². The molecule has 1 aromatic carbocycles. The number of nitrogens with one attached hydrogen (secondary N) is 1. The highest BCUT2D eigenvalue weighted by Crippen LogP contribution is 2.33. The largest absolute Gasteiger partial charge is 0.507 e. The van der Waals surface area contributed by atoms with E-state index >= 15 is 0 Å². The SMILES string of the molecule is Cc1ccc(C(=O)NC2(CN)CCCCC2C)c(O)c1. The minimum atomic E-state index is -0.341. The lowest BCUT2D eigenvalue weighted by molar-refractivity contribution is 0.0810. The van der Waals surface area contributed by atoms with Crippen molar-refractivity contribution < 1.29 is 9.90 Å². The normalized spacial score (nSPS) is 26.2. The number of aromatic hydroxyl groups is 1. The second kappa shape index (κ2) is 5.83. The Bertz CT molecular complexity index is 501. The Balaban J connectivity index is 2.20. The number of phenolic OH excluding ortho intramolecular Hbond substituents is 1. The molecule has 1 fully saturated rings. The van der Waals surface area contributed by atoms with E-state index in [2.05, 4.69) is 12.2 Å². The van der Waals surface area contributed by atoms with Gasteiger partial charge in [0.1, 0.15) is 5.75 Å². The number of carbonyl (C=O) groups is 1. The molecule has 0 saturated heterocycles. The summed E-state index contributed by atoms with van der Waals surface area (Å²) >= 11 is 0. The number of nitrogens with two attached hydrogens (primary N) is 1. The predicted octanol–water partition coefficient (Wildman–Crippen LogP) is 2.34. The fourth-order valence-electron chi connectivity index (χ4n) is 3.08. The molecule has 2 rings (SSSR count). The summed E-state index contributed by atoms with van der Waals surface area (Å²) in [5.74, 6) is 0.151. The molecular formula is C16H24N2O2.